The van der Waals surface area contributed by atoms with Gasteiger partial charge >= 0.3 is 8.60 Å². The molecule has 5 aromatic rings. The molecule has 206 valence electrons. The maximum atomic E-state index is 13.8. The number of rotatable bonds is 4. The van der Waals surface area contributed by atoms with Crippen LogP contribution in [0.15, 0.2) is 75.6 Å². The van der Waals surface area contributed by atoms with Crippen LogP contribution in [0.2, 0.25) is 5.02 Å². The van der Waals surface area contributed by atoms with Crippen molar-refractivity contribution >= 4 is 47.0 Å². The fourth-order valence-corrected chi connectivity index (χ4v) is 7.18. The van der Waals surface area contributed by atoms with Gasteiger partial charge in [-0.15, -0.1) is 0 Å². The van der Waals surface area contributed by atoms with Gasteiger partial charge < -0.3 is 28.8 Å². The van der Waals surface area contributed by atoms with Gasteiger partial charge in [-0.25, -0.2) is 17.8 Å². The quantitative estimate of drug-likeness (QED) is 0.259. The van der Waals surface area contributed by atoms with E-state index < -0.39 is 53.7 Å². The lowest BCUT2D eigenvalue weighted by Crippen LogP contribution is -2.38. The molecule has 2 aliphatic rings. The number of hydrogen-bond donors (Lipinski definition) is 3. The zero-order valence-electron chi connectivity index (χ0n) is 20.2. The standard InChI is InChI=1S/C24H19ClN5O8PS/c25-13-6-8-14(9-7-13)40(34,35)24-27-17-20(30(24)22-18(31)19-16(37-22)11-36-39(33)38-19)28-23-26-15(10-29(23)21(17)32)12-4-2-1-3-5-12/h1-10,16,18-19,22,31,33H,11H2,(H,26,28)/t16?,18-,19+,22+,39?/m0/s1. The van der Waals surface area contributed by atoms with Gasteiger partial charge in [0, 0.05) is 11.2 Å². The molecule has 40 heavy (non-hydrogen) atoms. The van der Waals surface area contributed by atoms with Crippen molar-refractivity contribution in [2.24, 2.45) is 0 Å². The summed E-state index contributed by atoms with van der Waals surface area (Å²) in [7, 11) is -6.63. The highest BCUT2D eigenvalue weighted by Crippen LogP contribution is 2.47. The van der Waals surface area contributed by atoms with E-state index >= 15 is 0 Å². The summed E-state index contributed by atoms with van der Waals surface area (Å²) in [6.07, 6.45) is -3.13. The van der Waals surface area contributed by atoms with Crippen LogP contribution in [0, 0.1) is 0 Å². The van der Waals surface area contributed by atoms with Crippen LogP contribution in [0.5, 0.6) is 0 Å². The summed E-state index contributed by atoms with van der Waals surface area (Å²) >= 11 is 5.96. The van der Waals surface area contributed by atoms with Gasteiger partial charge in [0.1, 0.15) is 18.3 Å². The molecule has 2 fully saturated rings. The molecule has 3 N–H and O–H groups in total. The number of nitrogens with zero attached hydrogens (tertiary/aromatic N) is 4. The second-order valence-electron chi connectivity index (χ2n) is 9.20. The summed E-state index contributed by atoms with van der Waals surface area (Å²) in [5.74, 6) is 0.122. The molecular formula is C24H19ClN5O8PS. The first-order valence-electron chi connectivity index (χ1n) is 11.9. The van der Waals surface area contributed by atoms with Crippen molar-refractivity contribution in [3.05, 3.63) is 76.2 Å². The van der Waals surface area contributed by atoms with Crippen molar-refractivity contribution in [3.8, 4) is 11.3 Å². The molecule has 5 atom stereocenters. The first-order valence-corrected chi connectivity index (χ1v) is 14.9. The van der Waals surface area contributed by atoms with E-state index in [0.717, 1.165) is 10.1 Å². The second kappa shape index (κ2) is 9.43. The molecular weight excluding hydrogens is 585 g/mol. The van der Waals surface area contributed by atoms with Crippen LogP contribution >= 0.6 is 20.2 Å². The van der Waals surface area contributed by atoms with Crippen molar-refractivity contribution in [2.75, 3.05) is 6.61 Å². The Morgan fingerprint density at radius 2 is 1.85 bits per heavy atom. The van der Waals surface area contributed by atoms with Crippen LogP contribution in [0.25, 0.3) is 28.2 Å². The predicted octanol–water partition coefficient (Wildman–Crippen LogP) is 2.42. The third kappa shape index (κ3) is 3.99. The lowest BCUT2D eigenvalue weighted by Gasteiger charge is -2.27. The van der Waals surface area contributed by atoms with Crippen LogP contribution in [-0.2, 0) is 23.6 Å². The Morgan fingerprint density at radius 3 is 2.60 bits per heavy atom. The van der Waals surface area contributed by atoms with Gasteiger partial charge in [0.25, 0.3) is 5.56 Å². The smallest absolute Gasteiger partial charge is 0.330 e. The van der Waals surface area contributed by atoms with Crippen molar-refractivity contribution < 1.29 is 32.2 Å². The third-order valence-corrected chi connectivity index (χ3v) is 9.50. The summed E-state index contributed by atoms with van der Waals surface area (Å²) in [6.45, 7) is -0.0935. The molecule has 0 saturated carbocycles. The van der Waals surface area contributed by atoms with Gasteiger partial charge in [-0.1, -0.05) is 41.9 Å². The van der Waals surface area contributed by atoms with Crippen molar-refractivity contribution in [1.82, 2.24) is 23.9 Å². The normalized spacial score (nSPS) is 25.0. The number of fused-ring (bicyclic) bond motifs is 3. The number of imidazole rings is 2. The Labute approximate surface area is 231 Å². The van der Waals surface area contributed by atoms with E-state index in [1.54, 1.807) is 6.20 Å². The number of aromatic nitrogens is 5. The van der Waals surface area contributed by atoms with Crippen molar-refractivity contribution in [2.45, 2.75) is 34.6 Å². The number of ether oxygens (including phenoxy) is 1. The summed E-state index contributed by atoms with van der Waals surface area (Å²) in [5, 5.41) is 10.9. The van der Waals surface area contributed by atoms with Crippen LogP contribution in [0.3, 0.4) is 0 Å². The Bertz CT molecular complexity index is 1930. The average Bonchev–Trinajstić information content (AvgIpc) is 3.64. The van der Waals surface area contributed by atoms with Gasteiger partial charge in [-0.3, -0.25) is 9.36 Å². The first kappa shape index (κ1) is 25.7. The molecule has 2 saturated heterocycles. The highest BCUT2D eigenvalue weighted by molar-refractivity contribution is 7.91. The Hall–Kier alpha value is -3.20. The van der Waals surface area contributed by atoms with Gasteiger partial charge in [-0.2, -0.15) is 4.98 Å². The third-order valence-electron chi connectivity index (χ3n) is 6.79. The molecule has 3 aromatic heterocycles. The Balaban J connectivity index is 1.47. The molecule has 5 heterocycles. The van der Waals surface area contributed by atoms with Gasteiger partial charge in [-0.05, 0) is 29.8 Å². The summed E-state index contributed by atoms with van der Waals surface area (Å²) in [6, 6.07) is 14.7. The minimum atomic E-state index is -4.38. The van der Waals surface area contributed by atoms with Crippen molar-refractivity contribution in [3.63, 3.8) is 0 Å². The zero-order chi connectivity index (χ0) is 27.8. The number of halogens is 1. The van der Waals surface area contributed by atoms with Gasteiger partial charge in [0.15, 0.2) is 17.4 Å². The fourth-order valence-electron chi connectivity index (χ4n) is 4.88. The van der Waals surface area contributed by atoms with E-state index in [-0.39, 0.29) is 28.4 Å². The average molecular weight is 604 g/mol. The molecule has 2 aliphatic heterocycles. The largest absolute Gasteiger partial charge is 0.386 e. The summed E-state index contributed by atoms with van der Waals surface area (Å²) < 4.78 is 46.5. The lowest BCUT2D eigenvalue weighted by atomic mass is 10.1. The number of benzene rings is 2. The van der Waals surface area contributed by atoms with Gasteiger partial charge in [0.05, 0.1) is 17.2 Å². The number of aliphatic hydroxyl groups is 1. The van der Waals surface area contributed by atoms with E-state index in [4.69, 9.17) is 25.4 Å². The molecule has 2 aromatic carbocycles. The maximum Gasteiger partial charge on any atom is 0.330 e. The molecule has 16 heteroatoms. The molecule has 0 bridgehead atoms. The minimum Gasteiger partial charge on any atom is -0.386 e. The highest BCUT2D eigenvalue weighted by Gasteiger charge is 2.51. The number of hydrogen-bond acceptors (Lipinski definition) is 10. The Morgan fingerprint density at radius 1 is 1.10 bits per heavy atom. The van der Waals surface area contributed by atoms with Crippen LogP contribution in [0.4, 0.5) is 0 Å². The second-order valence-corrected chi connectivity index (χ2v) is 12.4. The van der Waals surface area contributed by atoms with Crippen LogP contribution < -0.4 is 5.56 Å². The van der Waals surface area contributed by atoms with Crippen LogP contribution in [-0.4, -0.2) is 67.3 Å². The van der Waals surface area contributed by atoms with Crippen molar-refractivity contribution in [1.29, 1.82) is 0 Å². The van der Waals surface area contributed by atoms with E-state index in [9.17, 15) is 23.2 Å². The highest BCUT2D eigenvalue weighted by atomic mass is 35.5. The topological polar surface area (TPSA) is 170 Å². The number of aromatic amines is 1. The predicted molar refractivity (Wildman–Crippen MR) is 141 cm³/mol. The molecule has 0 spiro atoms. The minimum absolute atomic E-state index is 0.0935. The summed E-state index contributed by atoms with van der Waals surface area (Å²) in [5.41, 5.74) is 0.386. The Kier molecular flexibility index (Phi) is 6.07. The van der Waals surface area contributed by atoms with Crippen LogP contribution in [0.1, 0.15) is 6.23 Å². The molecule has 0 amide bonds. The van der Waals surface area contributed by atoms with E-state index in [1.165, 1.54) is 28.7 Å². The van der Waals surface area contributed by atoms with E-state index in [1.807, 2.05) is 30.3 Å². The van der Waals surface area contributed by atoms with E-state index in [0.29, 0.717) is 10.7 Å². The SMILES string of the molecule is O=c1c2nc(S(=O)(=O)c3ccc(Cl)cc3)n([C@@H]3OC4COP(O)O[C@H]4[C@@H]3O)c2nc2[nH]c(-c3ccccc3)cn12. The molecule has 13 nitrogen and oxygen atoms in total. The lowest BCUT2D eigenvalue weighted by molar-refractivity contribution is -0.0615. The van der Waals surface area contributed by atoms with E-state index in [2.05, 4.69) is 15.0 Å². The maximum absolute atomic E-state index is 13.8. The number of H-pyrrole nitrogens is 1. The first-order chi connectivity index (χ1) is 19.2. The molecule has 0 aliphatic carbocycles. The molecule has 7 rings (SSSR count). The zero-order valence-corrected chi connectivity index (χ0v) is 22.6. The van der Waals surface area contributed by atoms with Gasteiger partial charge in [0.2, 0.25) is 20.8 Å². The molecule has 0 radical (unpaired) electrons. The number of nitrogens with one attached hydrogen (secondary N) is 1. The number of sulfone groups is 1. The molecule has 2 unspecified atom stereocenters. The summed E-state index contributed by atoms with van der Waals surface area (Å²) in [4.78, 5) is 35.2. The fraction of sp³-hybridized carbons (Fsp3) is 0.208. The number of aliphatic hydroxyl groups excluding tert-OH is 1. The monoisotopic (exact) mass is 603 g/mol.